The molecular formula is C17H18N2S2. The molecule has 1 saturated carbocycles. The van der Waals surface area contributed by atoms with Gasteiger partial charge in [-0.3, -0.25) is 0 Å². The summed E-state index contributed by atoms with van der Waals surface area (Å²) in [5.41, 5.74) is 2.55. The van der Waals surface area contributed by atoms with Crippen molar-refractivity contribution < 1.29 is 0 Å². The molecule has 1 aliphatic rings. The molecule has 0 radical (unpaired) electrons. The summed E-state index contributed by atoms with van der Waals surface area (Å²) in [6.45, 7) is 4.27. The lowest BCUT2D eigenvalue weighted by atomic mass is 10.1. The minimum absolute atomic E-state index is 0.242. The molecule has 0 aliphatic heterocycles. The van der Waals surface area contributed by atoms with Crippen molar-refractivity contribution in [2.45, 2.75) is 38.8 Å². The van der Waals surface area contributed by atoms with Crippen molar-refractivity contribution in [3.63, 3.8) is 0 Å². The topological polar surface area (TPSA) is 24.9 Å². The lowest BCUT2D eigenvalue weighted by Crippen LogP contribution is -2.24. The number of hydrogen-bond acceptors (Lipinski definition) is 4. The first-order chi connectivity index (χ1) is 10.2. The molecule has 0 bridgehead atoms. The highest BCUT2D eigenvalue weighted by Crippen LogP contribution is 2.37. The zero-order valence-corrected chi connectivity index (χ0v) is 13.9. The van der Waals surface area contributed by atoms with Gasteiger partial charge in [-0.1, -0.05) is 18.2 Å². The van der Waals surface area contributed by atoms with Gasteiger partial charge >= 0.3 is 0 Å². The minimum atomic E-state index is 0.242. The van der Waals surface area contributed by atoms with Crippen LogP contribution < -0.4 is 5.32 Å². The van der Waals surface area contributed by atoms with Gasteiger partial charge < -0.3 is 5.32 Å². The normalized spacial score (nSPS) is 16.5. The third kappa shape index (κ3) is 2.52. The summed E-state index contributed by atoms with van der Waals surface area (Å²) in [5, 5.41) is 8.67. The average molecular weight is 314 g/mol. The first-order valence-electron chi connectivity index (χ1n) is 7.38. The molecule has 1 N–H and O–H groups in total. The highest BCUT2D eigenvalue weighted by molar-refractivity contribution is 7.17. The smallest absolute Gasteiger partial charge is 0.115 e. The van der Waals surface area contributed by atoms with E-state index in [1.165, 1.54) is 38.4 Å². The monoisotopic (exact) mass is 314 g/mol. The fourth-order valence-electron chi connectivity index (χ4n) is 2.62. The van der Waals surface area contributed by atoms with Gasteiger partial charge in [0.2, 0.25) is 0 Å². The molecule has 1 fully saturated rings. The number of aromatic nitrogens is 1. The molecule has 4 heteroatoms. The van der Waals surface area contributed by atoms with Crippen molar-refractivity contribution in [3.8, 4) is 0 Å². The molecule has 1 aliphatic carbocycles. The fraction of sp³-hybridized carbons (Fsp3) is 0.353. The lowest BCUT2D eigenvalue weighted by molar-refractivity contribution is 0.602. The summed E-state index contributed by atoms with van der Waals surface area (Å²) in [6.07, 6.45) is 2.59. The zero-order chi connectivity index (χ0) is 14.4. The van der Waals surface area contributed by atoms with Crippen molar-refractivity contribution in [1.82, 2.24) is 10.3 Å². The zero-order valence-electron chi connectivity index (χ0n) is 12.2. The van der Waals surface area contributed by atoms with E-state index in [9.17, 15) is 0 Å². The van der Waals surface area contributed by atoms with Crippen LogP contribution in [0.3, 0.4) is 0 Å². The predicted octanol–water partition coefficient (Wildman–Crippen LogP) is 4.82. The van der Waals surface area contributed by atoms with Gasteiger partial charge in [-0.25, -0.2) is 4.98 Å². The molecule has 1 aromatic carbocycles. The number of fused-ring (bicyclic) bond motifs is 1. The molecule has 0 spiro atoms. The van der Waals surface area contributed by atoms with E-state index < -0.39 is 0 Å². The largest absolute Gasteiger partial charge is 0.301 e. The van der Waals surface area contributed by atoms with Gasteiger partial charge in [0.05, 0.1) is 11.7 Å². The summed E-state index contributed by atoms with van der Waals surface area (Å²) in [5.74, 6) is 0. The van der Waals surface area contributed by atoms with E-state index in [0.717, 1.165) is 5.69 Å². The lowest BCUT2D eigenvalue weighted by Gasteiger charge is -2.16. The Bertz CT molecular complexity index is 764. The summed E-state index contributed by atoms with van der Waals surface area (Å²) < 4.78 is 1.36. The molecule has 21 heavy (non-hydrogen) atoms. The Morgan fingerprint density at radius 3 is 2.76 bits per heavy atom. The van der Waals surface area contributed by atoms with Gasteiger partial charge in [0.25, 0.3) is 0 Å². The SMILES string of the molecule is Cc1nc(C(NC2CC2)c2csc3ccccc23)sc1C. The number of nitrogens with one attached hydrogen (secondary N) is 1. The number of hydrogen-bond donors (Lipinski definition) is 1. The predicted molar refractivity (Wildman–Crippen MR) is 91.4 cm³/mol. The first-order valence-corrected chi connectivity index (χ1v) is 9.08. The van der Waals surface area contributed by atoms with Gasteiger partial charge in [0, 0.05) is 15.6 Å². The quantitative estimate of drug-likeness (QED) is 0.747. The Labute approximate surface area is 132 Å². The van der Waals surface area contributed by atoms with Crippen LogP contribution in [0, 0.1) is 13.8 Å². The summed E-state index contributed by atoms with van der Waals surface area (Å²) in [6, 6.07) is 9.59. The second kappa shape index (κ2) is 5.20. The van der Waals surface area contributed by atoms with E-state index in [1.54, 1.807) is 0 Å². The van der Waals surface area contributed by atoms with Crippen LogP contribution in [0.4, 0.5) is 0 Å². The Kier molecular flexibility index (Phi) is 3.32. The maximum Gasteiger partial charge on any atom is 0.115 e. The Hall–Kier alpha value is -1.23. The number of rotatable bonds is 4. The van der Waals surface area contributed by atoms with E-state index in [2.05, 4.69) is 48.8 Å². The third-order valence-corrected chi connectivity index (χ3v) is 6.21. The van der Waals surface area contributed by atoms with Crippen LogP contribution in [0.15, 0.2) is 29.6 Å². The third-order valence-electron chi connectivity index (χ3n) is 4.09. The molecule has 1 atom stereocenters. The van der Waals surface area contributed by atoms with Crippen LogP contribution in [0.2, 0.25) is 0 Å². The van der Waals surface area contributed by atoms with Gasteiger partial charge in [-0.15, -0.1) is 22.7 Å². The molecular weight excluding hydrogens is 296 g/mol. The highest BCUT2D eigenvalue weighted by atomic mass is 32.1. The van der Waals surface area contributed by atoms with Crippen LogP contribution in [0.25, 0.3) is 10.1 Å². The maximum absolute atomic E-state index is 4.81. The molecule has 108 valence electrons. The maximum atomic E-state index is 4.81. The Morgan fingerprint density at radius 1 is 1.24 bits per heavy atom. The van der Waals surface area contributed by atoms with Crippen molar-refractivity contribution in [2.75, 3.05) is 0 Å². The Morgan fingerprint density at radius 2 is 2.05 bits per heavy atom. The van der Waals surface area contributed by atoms with Crippen LogP contribution in [0.1, 0.15) is 40.0 Å². The van der Waals surface area contributed by atoms with Gasteiger partial charge in [-0.05, 0) is 49.1 Å². The molecule has 4 rings (SSSR count). The summed E-state index contributed by atoms with van der Waals surface area (Å²) in [7, 11) is 0. The molecule has 0 amide bonds. The number of thiazole rings is 1. The van der Waals surface area contributed by atoms with Crippen LogP contribution >= 0.6 is 22.7 Å². The molecule has 1 unspecified atom stereocenters. The number of nitrogens with zero attached hydrogens (tertiary/aromatic N) is 1. The molecule has 2 nitrogen and oxygen atoms in total. The number of benzene rings is 1. The number of thiophene rings is 1. The van der Waals surface area contributed by atoms with Crippen molar-refractivity contribution in [1.29, 1.82) is 0 Å². The van der Waals surface area contributed by atoms with Crippen LogP contribution in [0.5, 0.6) is 0 Å². The van der Waals surface area contributed by atoms with Crippen molar-refractivity contribution >= 4 is 32.8 Å². The summed E-state index contributed by atoms with van der Waals surface area (Å²) in [4.78, 5) is 6.14. The van der Waals surface area contributed by atoms with Crippen LogP contribution in [-0.4, -0.2) is 11.0 Å². The second-order valence-electron chi connectivity index (χ2n) is 5.75. The van der Waals surface area contributed by atoms with Crippen molar-refractivity contribution in [3.05, 3.63) is 50.8 Å². The highest BCUT2D eigenvalue weighted by Gasteiger charge is 2.29. The van der Waals surface area contributed by atoms with E-state index in [4.69, 9.17) is 4.98 Å². The van der Waals surface area contributed by atoms with Crippen molar-refractivity contribution in [2.24, 2.45) is 0 Å². The standard InChI is InChI=1S/C17H18N2S2/c1-10-11(2)21-17(18-10)16(19-12-7-8-12)14-9-20-15-6-4-3-5-13(14)15/h3-6,9,12,16,19H,7-8H2,1-2H3. The Balaban J connectivity index is 1.81. The first kappa shape index (κ1) is 13.4. The van der Waals surface area contributed by atoms with E-state index in [-0.39, 0.29) is 6.04 Å². The number of aryl methyl sites for hydroxylation is 2. The van der Waals surface area contributed by atoms with Gasteiger partial charge in [0.15, 0.2) is 0 Å². The second-order valence-corrected chi connectivity index (χ2v) is 7.90. The minimum Gasteiger partial charge on any atom is -0.301 e. The van der Waals surface area contributed by atoms with E-state index >= 15 is 0 Å². The molecule has 2 heterocycles. The van der Waals surface area contributed by atoms with E-state index in [1.807, 2.05) is 22.7 Å². The van der Waals surface area contributed by atoms with Crippen LogP contribution in [-0.2, 0) is 0 Å². The molecule has 2 aromatic heterocycles. The fourth-order valence-corrected chi connectivity index (χ4v) is 4.61. The van der Waals surface area contributed by atoms with E-state index in [0.29, 0.717) is 6.04 Å². The summed E-state index contributed by atoms with van der Waals surface area (Å²) >= 11 is 3.66. The van der Waals surface area contributed by atoms with Gasteiger partial charge in [0.1, 0.15) is 5.01 Å². The molecule has 3 aromatic rings. The molecule has 0 saturated heterocycles. The van der Waals surface area contributed by atoms with Gasteiger partial charge in [-0.2, -0.15) is 0 Å². The average Bonchev–Trinajstić information content (AvgIpc) is 3.11.